The Morgan fingerprint density at radius 1 is 1.70 bits per heavy atom. The Balaban J connectivity index is 2.21. The molecule has 0 spiro atoms. The van der Waals surface area contributed by atoms with Gasteiger partial charge < -0.3 is 4.74 Å². The van der Waals surface area contributed by atoms with Crippen LogP contribution in [-0.2, 0) is 0 Å². The molecule has 0 atom stereocenters. The topological polar surface area (TPSA) is 9.23 Å². The summed E-state index contributed by atoms with van der Waals surface area (Å²) in [6.07, 6.45) is 2.41. The predicted molar refractivity (Wildman–Crippen MR) is 43.3 cm³/mol. The third kappa shape index (κ3) is 2.23. The molecule has 1 rings (SSSR count). The maximum atomic E-state index is 5.29. The van der Waals surface area contributed by atoms with Gasteiger partial charge in [0.05, 0.1) is 6.61 Å². The van der Waals surface area contributed by atoms with E-state index in [0.29, 0.717) is 6.61 Å². The first kappa shape index (κ1) is 7.35. The van der Waals surface area contributed by atoms with Crippen LogP contribution in [0.4, 0.5) is 0 Å². The zero-order valence-electron chi connectivity index (χ0n) is 5.62. The second-order valence-corrected chi connectivity index (χ2v) is 2.72. The van der Waals surface area contributed by atoms with Gasteiger partial charge in [0, 0.05) is 0 Å². The van der Waals surface area contributed by atoms with Crippen LogP contribution in [0.1, 0.15) is 6.42 Å². The van der Waals surface area contributed by atoms with Crippen LogP contribution in [0.15, 0.2) is 23.6 Å². The van der Waals surface area contributed by atoms with Gasteiger partial charge in [0.2, 0.25) is 0 Å². The summed E-state index contributed by atoms with van der Waals surface area (Å²) in [6, 6.07) is 3.91. The normalized spacial score (nSPS) is 9.20. The van der Waals surface area contributed by atoms with Gasteiger partial charge in [0.1, 0.15) is 0 Å². The highest BCUT2D eigenvalue weighted by Gasteiger charge is 1.89. The van der Waals surface area contributed by atoms with Gasteiger partial charge in [-0.15, -0.1) is 11.3 Å². The molecule has 1 aromatic heterocycles. The Morgan fingerprint density at radius 2 is 2.60 bits per heavy atom. The fourth-order valence-corrected chi connectivity index (χ4v) is 1.17. The van der Waals surface area contributed by atoms with Gasteiger partial charge in [0.25, 0.3) is 0 Å². The van der Waals surface area contributed by atoms with E-state index in [1.807, 2.05) is 17.5 Å². The Hall–Kier alpha value is -0.760. The first-order chi connectivity index (χ1) is 4.93. The molecular formula is C8H9OS. The molecule has 0 aliphatic heterocycles. The van der Waals surface area contributed by atoms with Crippen LogP contribution < -0.4 is 4.74 Å². The quantitative estimate of drug-likeness (QED) is 0.604. The SMILES string of the molecule is [CH]=CCCOc1cccs1. The number of thiophene rings is 1. The molecule has 0 N–H and O–H groups in total. The average molecular weight is 153 g/mol. The van der Waals surface area contributed by atoms with Crippen molar-refractivity contribution >= 4 is 11.3 Å². The molecule has 1 nitrogen and oxygen atoms in total. The minimum Gasteiger partial charge on any atom is -0.484 e. The van der Waals surface area contributed by atoms with E-state index in [1.165, 1.54) is 0 Å². The minimum absolute atomic E-state index is 0.678. The van der Waals surface area contributed by atoms with Crippen LogP contribution in [-0.4, -0.2) is 6.61 Å². The first-order valence-corrected chi connectivity index (χ1v) is 4.01. The highest BCUT2D eigenvalue weighted by molar-refractivity contribution is 7.11. The van der Waals surface area contributed by atoms with E-state index in [9.17, 15) is 0 Å². The number of rotatable bonds is 4. The minimum atomic E-state index is 0.678. The molecule has 0 aliphatic carbocycles. The zero-order valence-corrected chi connectivity index (χ0v) is 6.43. The Kier molecular flexibility index (Phi) is 3.03. The van der Waals surface area contributed by atoms with Gasteiger partial charge in [-0.25, -0.2) is 0 Å². The molecule has 0 amide bonds. The van der Waals surface area contributed by atoms with Crippen molar-refractivity contribution in [2.45, 2.75) is 6.42 Å². The molecule has 0 saturated carbocycles. The second kappa shape index (κ2) is 4.12. The molecule has 1 aromatic rings. The standard InChI is InChI=1S/C8H9OS/c1-2-3-6-9-8-5-4-7-10-8/h1-2,4-5,7H,3,6H2. The summed E-state index contributed by atoms with van der Waals surface area (Å²) in [5.41, 5.74) is 0. The molecule has 2 heteroatoms. The van der Waals surface area contributed by atoms with E-state index in [-0.39, 0.29) is 0 Å². The Morgan fingerprint density at radius 3 is 3.20 bits per heavy atom. The van der Waals surface area contributed by atoms with Crippen molar-refractivity contribution in [2.24, 2.45) is 0 Å². The predicted octanol–water partition coefficient (Wildman–Crippen LogP) is 2.51. The zero-order chi connectivity index (χ0) is 7.23. The van der Waals surface area contributed by atoms with E-state index < -0.39 is 0 Å². The first-order valence-electron chi connectivity index (χ1n) is 3.13. The Bertz CT molecular complexity index is 179. The summed E-state index contributed by atoms with van der Waals surface area (Å²) in [6.45, 7) is 5.84. The maximum absolute atomic E-state index is 5.29. The molecular weight excluding hydrogens is 144 g/mol. The summed E-state index contributed by atoms with van der Waals surface area (Å²) in [7, 11) is 0. The Labute approximate surface area is 65.0 Å². The van der Waals surface area contributed by atoms with E-state index in [2.05, 4.69) is 0 Å². The lowest BCUT2D eigenvalue weighted by atomic mass is 10.5. The molecule has 0 bridgehead atoms. The molecule has 10 heavy (non-hydrogen) atoms. The summed E-state index contributed by atoms with van der Waals surface area (Å²) >= 11 is 1.60. The van der Waals surface area contributed by atoms with Crippen molar-refractivity contribution in [1.29, 1.82) is 0 Å². The second-order valence-electron chi connectivity index (χ2n) is 1.80. The number of ether oxygens (including phenoxy) is 1. The summed E-state index contributed by atoms with van der Waals surface area (Å²) in [5.74, 6) is 0. The van der Waals surface area contributed by atoms with Crippen molar-refractivity contribution in [3.8, 4) is 5.06 Å². The largest absolute Gasteiger partial charge is 0.484 e. The van der Waals surface area contributed by atoms with E-state index in [4.69, 9.17) is 11.3 Å². The molecule has 0 unspecified atom stereocenters. The number of hydrogen-bond acceptors (Lipinski definition) is 2. The van der Waals surface area contributed by atoms with E-state index in [0.717, 1.165) is 11.5 Å². The van der Waals surface area contributed by atoms with Gasteiger partial charge in [-0.3, -0.25) is 0 Å². The summed E-state index contributed by atoms with van der Waals surface area (Å²) in [4.78, 5) is 0. The lowest BCUT2D eigenvalue weighted by Crippen LogP contribution is -1.92. The monoisotopic (exact) mass is 153 g/mol. The van der Waals surface area contributed by atoms with Crippen LogP contribution in [0.3, 0.4) is 0 Å². The molecule has 1 heterocycles. The lowest BCUT2D eigenvalue weighted by molar-refractivity contribution is 0.334. The summed E-state index contributed by atoms with van der Waals surface area (Å²) in [5, 5.41) is 2.95. The van der Waals surface area contributed by atoms with E-state index >= 15 is 0 Å². The van der Waals surface area contributed by atoms with Crippen LogP contribution in [0.2, 0.25) is 0 Å². The molecule has 0 saturated heterocycles. The van der Waals surface area contributed by atoms with Gasteiger partial charge >= 0.3 is 0 Å². The molecule has 1 radical (unpaired) electrons. The molecule has 53 valence electrons. The third-order valence-corrected chi connectivity index (χ3v) is 1.80. The van der Waals surface area contributed by atoms with Gasteiger partial charge in [0.15, 0.2) is 5.06 Å². The van der Waals surface area contributed by atoms with Crippen molar-refractivity contribution < 1.29 is 4.74 Å². The van der Waals surface area contributed by atoms with E-state index in [1.54, 1.807) is 17.4 Å². The van der Waals surface area contributed by atoms with Gasteiger partial charge in [-0.2, -0.15) is 0 Å². The highest BCUT2D eigenvalue weighted by atomic mass is 32.1. The third-order valence-electron chi connectivity index (χ3n) is 1.02. The van der Waals surface area contributed by atoms with Crippen LogP contribution >= 0.6 is 11.3 Å². The van der Waals surface area contributed by atoms with Crippen LogP contribution in [0.5, 0.6) is 5.06 Å². The average Bonchev–Trinajstić information content (AvgIpc) is 2.41. The maximum Gasteiger partial charge on any atom is 0.173 e. The van der Waals surface area contributed by atoms with Crippen molar-refractivity contribution in [3.05, 3.63) is 30.2 Å². The lowest BCUT2D eigenvalue weighted by Gasteiger charge is -1.97. The van der Waals surface area contributed by atoms with Crippen LogP contribution in [0, 0.1) is 6.58 Å². The smallest absolute Gasteiger partial charge is 0.173 e. The van der Waals surface area contributed by atoms with Gasteiger partial charge in [-0.05, 0) is 23.9 Å². The summed E-state index contributed by atoms with van der Waals surface area (Å²) < 4.78 is 5.29. The fourth-order valence-electron chi connectivity index (χ4n) is 0.573. The van der Waals surface area contributed by atoms with Crippen LogP contribution in [0.25, 0.3) is 0 Å². The van der Waals surface area contributed by atoms with Gasteiger partial charge in [-0.1, -0.05) is 12.7 Å². The number of hydrogen-bond donors (Lipinski definition) is 0. The van der Waals surface area contributed by atoms with Crippen molar-refractivity contribution in [2.75, 3.05) is 6.61 Å². The highest BCUT2D eigenvalue weighted by Crippen LogP contribution is 2.17. The molecule has 0 aromatic carbocycles. The van der Waals surface area contributed by atoms with Crippen molar-refractivity contribution in [3.63, 3.8) is 0 Å². The molecule has 0 fully saturated rings. The van der Waals surface area contributed by atoms with Crippen molar-refractivity contribution in [1.82, 2.24) is 0 Å². The molecule has 0 aliphatic rings. The fraction of sp³-hybridized carbons (Fsp3) is 0.250.